The molecule has 84 valence electrons. The number of aryl methyl sites for hydroxylation is 2. The lowest BCUT2D eigenvalue weighted by Gasteiger charge is -2.16. The molecular formula is C12H14N2O2. The number of hydrogen-bond acceptors (Lipinski definition) is 2. The summed E-state index contributed by atoms with van der Waals surface area (Å²) in [5, 5.41) is 0. The van der Waals surface area contributed by atoms with E-state index in [9.17, 15) is 9.59 Å². The van der Waals surface area contributed by atoms with E-state index in [1.165, 1.54) is 16.0 Å². The highest BCUT2D eigenvalue weighted by molar-refractivity contribution is 6.39. The van der Waals surface area contributed by atoms with Gasteiger partial charge in [-0.2, -0.15) is 0 Å². The van der Waals surface area contributed by atoms with Gasteiger partial charge >= 0.3 is 11.8 Å². The Morgan fingerprint density at radius 2 is 1.94 bits per heavy atom. The van der Waals surface area contributed by atoms with E-state index in [4.69, 9.17) is 5.73 Å². The number of rotatable bonds is 1. The summed E-state index contributed by atoms with van der Waals surface area (Å²) in [4.78, 5) is 23.5. The van der Waals surface area contributed by atoms with Crippen molar-refractivity contribution in [2.24, 2.45) is 5.73 Å². The lowest BCUT2D eigenvalue weighted by molar-refractivity contribution is -0.135. The van der Waals surface area contributed by atoms with Crippen molar-refractivity contribution < 1.29 is 9.59 Å². The van der Waals surface area contributed by atoms with Crippen LogP contribution >= 0.6 is 0 Å². The second-order valence-electron chi connectivity index (χ2n) is 4.03. The summed E-state index contributed by atoms with van der Waals surface area (Å²) in [7, 11) is 1.56. The minimum atomic E-state index is -0.928. The molecule has 1 aromatic rings. The zero-order valence-corrected chi connectivity index (χ0v) is 9.19. The summed E-state index contributed by atoms with van der Waals surface area (Å²) in [5.41, 5.74) is 8.29. The lowest BCUT2D eigenvalue weighted by Crippen LogP contribution is -2.37. The first kappa shape index (κ1) is 10.7. The second kappa shape index (κ2) is 3.96. The lowest BCUT2D eigenvalue weighted by atomic mass is 10.1. The minimum Gasteiger partial charge on any atom is -0.361 e. The standard InChI is InChI=1S/C12H14N2O2/c1-14(12(16)11(13)15)10-6-5-8-3-2-4-9(8)7-10/h5-7H,2-4H2,1H3,(H2,13,15). The van der Waals surface area contributed by atoms with Crippen molar-refractivity contribution >= 4 is 17.5 Å². The molecule has 1 aliphatic carbocycles. The molecule has 1 aliphatic rings. The molecule has 0 fully saturated rings. The molecule has 16 heavy (non-hydrogen) atoms. The van der Waals surface area contributed by atoms with E-state index in [2.05, 4.69) is 0 Å². The number of fused-ring (bicyclic) bond motifs is 1. The molecule has 0 saturated carbocycles. The topological polar surface area (TPSA) is 63.4 Å². The van der Waals surface area contributed by atoms with Crippen LogP contribution in [0.3, 0.4) is 0 Å². The maximum atomic E-state index is 11.4. The third-order valence-electron chi connectivity index (χ3n) is 2.98. The fourth-order valence-corrected chi connectivity index (χ4v) is 2.05. The number of nitrogens with two attached hydrogens (primary N) is 1. The summed E-state index contributed by atoms with van der Waals surface area (Å²) in [6.45, 7) is 0. The Morgan fingerprint density at radius 1 is 1.25 bits per heavy atom. The highest BCUT2D eigenvalue weighted by atomic mass is 16.2. The molecular weight excluding hydrogens is 204 g/mol. The SMILES string of the molecule is CN(C(=O)C(N)=O)c1ccc2c(c1)CCC2. The number of benzene rings is 1. The fraction of sp³-hybridized carbons (Fsp3) is 0.333. The zero-order valence-electron chi connectivity index (χ0n) is 9.19. The molecule has 2 rings (SSSR count). The largest absolute Gasteiger partial charge is 0.361 e. The normalized spacial score (nSPS) is 13.3. The molecule has 2 N–H and O–H groups in total. The molecule has 0 heterocycles. The number of primary amides is 1. The van der Waals surface area contributed by atoms with E-state index < -0.39 is 11.8 Å². The van der Waals surface area contributed by atoms with Crippen LogP contribution in [0.2, 0.25) is 0 Å². The first-order chi connectivity index (χ1) is 7.59. The van der Waals surface area contributed by atoms with Crippen LogP contribution in [0, 0.1) is 0 Å². The van der Waals surface area contributed by atoms with Crippen LogP contribution in [0.4, 0.5) is 5.69 Å². The third-order valence-corrected chi connectivity index (χ3v) is 2.98. The summed E-state index contributed by atoms with van der Waals surface area (Å²) >= 11 is 0. The van der Waals surface area contributed by atoms with Gasteiger partial charge in [0.1, 0.15) is 0 Å². The van der Waals surface area contributed by atoms with Crippen molar-refractivity contribution in [3.05, 3.63) is 29.3 Å². The number of anilines is 1. The average molecular weight is 218 g/mol. The Morgan fingerprint density at radius 3 is 2.62 bits per heavy atom. The number of amides is 2. The number of hydrogen-bond donors (Lipinski definition) is 1. The van der Waals surface area contributed by atoms with Crippen LogP contribution in [0.5, 0.6) is 0 Å². The Labute approximate surface area is 94.0 Å². The minimum absolute atomic E-state index is 0.682. The van der Waals surface area contributed by atoms with Gasteiger partial charge in [-0.25, -0.2) is 0 Å². The molecule has 0 spiro atoms. The van der Waals surface area contributed by atoms with Crippen molar-refractivity contribution in [2.45, 2.75) is 19.3 Å². The molecule has 0 aliphatic heterocycles. The van der Waals surface area contributed by atoms with Crippen LogP contribution in [0.1, 0.15) is 17.5 Å². The summed E-state index contributed by atoms with van der Waals surface area (Å²) in [6.07, 6.45) is 3.30. The van der Waals surface area contributed by atoms with E-state index >= 15 is 0 Å². The Bertz CT molecular complexity index is 454. The molecule has 0 unspecified atom stereocenters. The molecule has 0 atom stereocenters. The van der Waals surface area contributed by atoms with Gasteiger partial charge in [-0.05, 0) is 42.5 Å². The van der Waals surface area contributed by atoms with E-state index in [1.807, 2.05) is 18.2 Å². The van der Waals surface area contributed by atoms with Crippen molar-refractivity contribution in [3.8, 4) is 0 Å². The van der Waals surface area contributed by atoms with Crippen molar-refractivity contribution in [1.82, 2.24) is 0 Å². The maximum absolute atomic E-state index is 11.4. The number of likely N-dealkylation sites (N-methyl/N-ethyl adjacent to an activating group) is 1. The molecule has 0 saturated heterocycles. The van der Waals surface area contributed by atoms with Gasteiger partial charge in [-0.3, -0.25) is 9.59 Å². The van der Waals surface area contributed by atoms with E-state index in [-0.39, 0.29) is 0 Å². The van der Waals surface area contributed by atoms with Gasteiger partial charge in [0, 0.05) is 12.7 Å². The van der Waals surface area contributed by atoms with Crippen molar-refractivity contribution in [2.75, 3.05) is 11.9 Å². The number of nitrogens with zero attached hydrogens (tertiary/aromatic N) is 1. The quantitative estimate of drug-likeness (QED) is 0.702. The Kier molecular flexibility index (Phi) is 2.64. The molecule has 0 radical (unpaired) electrons. The van der Waals surface area contributed by atoms with Crippen LogP contribution in [0.25, 0.3) is 0 Å². The molecule has 4 heteroatoms. The number of carbonyl (C=O) groups excluding carboxylic acids is 2. The van der Waals surface area contributed by atoms with Gasteiger partial charge in [0.2, 0.25) is 0 Å². The molecule has 1 aromatic carbocycles. The second-order valence-corrected chi connectivity index (χ2v) is 4.03. The Hall–Kier alpha value is -1.84. The van der Waals surface area contributed by atoms with Crippen LogP contribution in [0.15, 0.2) is 18.2 Å². The van der Waals surface area contributed by atoms with Gasteiger partial charge in [0.05, 0.1) is 0 Å². The summed E-state index contributed by atoms with van der Waals surface area (Å²) in [5.74, 6) is -1.61. The molecule has 4 nitrogen and oxygen atoms in total. The fourth-order valence-electron chi connectivity index (χ4n) is 2.05. The zero-order chi connectivity index (χ0) is 11.7. The predicted octanol–water partition coefficient (Wildman–Crippen LogP) is 0.623. The van der Waals surface area contributed by atoms with E-state index in [0.717, 1.165) is 24.9 Å². The van der Waals surface area contributed by atoms with Crippen molar-refractivity contribution in [1.29, 1.82) is 0 Å². The van der Waals surface area contributed by atoms with Gasteiger partial charge in [0.15, 0.2) is 0 Å². The van der Waals surface area contributed by atoms with Gasteiger partial charge in [0.25, 0.3) is 0 Å². The van der Waals surface area contributed by atoms with E-state index in [1.54, 1.807) is 7.05 Å². The third kappa shape index (κ3) is 1.78. The van der Waals surface area contributed by atoms with Gasteiger partial charge in [-0.1, -0.05) is 6.07 Å². The van der Waals surface area contributed by atoms with Crippen LogP contribution in [-0.4, -0.2) is 18.9 Å². The molecule has 0 bridgehead atoms. The highest BCUT2D eigenvalue weighted by Gasteiger charge is 2.18. The van der Waals surface area contributed by atoms with Gasteiger partial charge in [-0.15, -0.1) is 0 Å². The first-order valence-electron chi connectivity index (χ1n) is 5.29. The smallest absolute Gasteiger partial charge is 0.315 e. The summed E-state index contributed by atoms with van der Waals surface area (Å²) in [6, 6.07) is 5.83. The monoisotopic (exact) mass is 218 g/mol. The van der Waals surface area contributed by atoms with Gasteiger partial charge < -0.3 is 10.6 Å². The van der Waals surface area contributed by atoms with E-state index in [0.29, 0.717) is 0 Å². The van der Waals surface area contributed by atoms with Crippen LogP contribution < -0.4 is 10.6 Å². The highest BCUT2D eigenvalue weighted by Crippen LogP contribution is 2.26. The molecule has 0 aromatic heterocycles. The van der Waals surface area contributed by atoms with Crippen molar-refractivity contribution in [3.63, 3.8) is 0 Å². The number of carbonyl (C=O) groups is 2. The van der Waals surface area contributed by atoms with Crippen LogP contribution in [-0.2, 0) is 22.4 Å². The maximum Gasteiger partial charge on any atom is 0.315 e. The average Bonchev–Trinajstić information content (AvgIpc) is 2.73. The summed E-state index contributed by atoms with van der Waals surface area (Å²) < 4.78 is 0. The Balaban J connectivity index is 2.28. The first-order valence-corrected chi connectivity index (χ1v) is 5.29. The molecule has 2 amide bonds. The predicted molar refractivity (Wildman–Crippen MR) is 61.1 cm³/mol.